The third kappa shape index (κ3) is 10.1. The highest BCUT2D eigenvalue weighted by Crippen LogP contribution is 2.38. The molecule has 0 spiro atoms. The Morgan fingerprint density at radius 1 is 0.985 bits per heavy atom. The minimum atomic E-state index is -3.67. The van der Waals surface area contributed by atoms with Gasteiger partial charge in [-0.15, -0.1) is 0 Å². The fraction of sp³-hybridized carbons (Fsp3) is 0.488. The number of carbonyl (C=O) groups is 6. The Bertz CT molecular complexity index is 2350. The Hall–Kier alpha value is -6.39. The number of hydrogen-bond donors (Lipinski definition) is 4. The van der Waals surface area contributed by atoms with Crippen LogP contribution in [0.2, 0.25) is 0 Å². The monoisotopic (exact) mass is 908 g/mol. The molecule has 2 aromatic carbocycles. The second kappa shape index (κ2) is 19.8. The lowest BCUT2D eigenvalue weighted by atomic mass is 10.0. The molecule has 1 atom stereocenters. The van der Waals surface area contributed by atoms with Crippen LogP contribution in [0.1, 0.15) is 70.6 Å². The van der Waals surface area contributed by atoms with Gasteiger partial charge in [0.2, 0.25) is 17.8 Å². The minimum Gasteiger partial charge on any atom is -0.495 e. The van der Waals surface area contributed by atoms with Gasteiger partial charge in [-0.2, -0.15) is 13.8 Å². The molecule has 2 fully saturated rings. The van der Waals surface area contributed by atoms with E-state index in [0.717, 1.165) is 15.9 Å². The molecule has 7 rings (SSSR count). The van der Waals surface area contributed by atoms with Gasteiger partial charge in [-0.25, -0.2) is 9.37 Å². The van der Waals surface area contributed by atoms with Crippen LogP contribution >= 0.6 is 0 Å². The summed E-state index contributed by atoms with van der Waals surface area (Å²) in [5.41, 5.74) is 0.751. The van der Waals surface area contributed by atoms with Crippen molar-refractivity contribution in [1.29, 1.82) is 0 Å². The van der Waals surface area contributed by atoms with Crippen LogP contribution in [0.4, 0.5) is 42.0 Å². The maximum Gasteiger partial charge on any atom is 0.342 e. The normalized spacial score (nSPS) is 19.0. The summed E-state index contributed by atoms with van der Waals surface area (Å²) in [5, 5.41) is 11.1. The molecule has 0 aliphatic carbocycles. The molecule has 4 N–H and O–H groups in total. The summed E-state index contributed by atoms with van der Waals surface area (Å²) in [6.07, 6.45) is 2.62. The topological polar surface area (TPSA) is 217 Å². The number of amides is 6. The SMILES string of the molecule is COc1cc(C(=O)NC2CCN(CCOCCOCCNc3cccc4c3C(=O)N(C3CCC(=O)NC3=O)C4=O)CC2)c(F)cc1Nc1ncc2c(n1)N(C(C)C)CC(F)(F)C(=O)N2C. The number of benzene rings is 2. The lowest BCUT2D eigenvalue weighted by Gasteiger charge is -2.32. The van der Waals surface area contributed by atoms with Crippen molar-refractivity contribution in [2.24, 2.45) is 0 Å². The first kappa shape index (κ1) is 46.6. The summed E-state index contributed by atoms with van der Waals surface area (Å²) >= 11 is 0. The first-order chi connectivity index (χ1) is 31.1. The van der Waals surface area contributed by atoms with Crippen LogP contribution in [-0.2, 0) is 23.9 Å². The Morgan fingerprint density at radius 3 is 2.43 bits per heavy atom. The van der Waals surface area contributed by atoms with Gasteiger partial charge in [-0.3, -0.25) is 39.0 Å². The minimum absolute atomic E-state index is 0.0379. The van der Waals surface area contributed by atoms with E-state index in [1.165, 1.54) is 37.4 Å². The molecule has 0 saturated carbocycles. The van der Waals surface area contributed by atoms with Gasteiger partial charge in [0, 0.05) is 63.5 Å². The van der Waals surface area contributed by atoms with Crippen molar-refractivity contribution in [2.75, 3.05) is 93.7 Å². The van der Waals surface area contributed by atoms with Crippen LogP contribution in [0.5, 0.6) is 5.75 Å². The molecule has 6 amide bonds. The number of imide groups is 2. The first-order valence-corrected chi connectivity index (χ1v) is 21.3. The van der Waals surface area contributed by atoms with Crippen molar-refractivity contribution >= 4 is 64.3 Å². The maximum atomic E-state index is 15.5. The number of carbonyl (C=O) groups excluding carboxylic acids is 6. The molecule has 2 saturated heterocycles. The summed E-state index contributed by atoms with van der Waals surface area (Å²) in [6.45, 7) is 6.29. The van der Waals surface area contributed by atoms with E-state index in [0.29, 0.717) is 71.1 Å². The van der Waals surface area contributed by atoms with E-state index in [-0.39, 0.29) is 64.5 Å². The molecule has 4 aliphatic heterocycles. The van der Waals surface area contributed by atoms with E-state index in [1.807, 2.05) is 0 Å². The number of hydrogen-bond acceptors (Lipinski definition) is 15. The van der Waals surface area contributed by atoms with E-state index in [2.05, 4.69) is 36.1 Å². The van der Waals surface area contributed by atoms with Crippen LogP contribution in [-0.4, -0.2) is 153 Å². The quantitative estimate of drug-likeness (QED) is 0.113. The molecule has 1 aromatic heterocycles. The number of ether oxygens (including phenoxy) is 3. The molecular weight excluding hydrogens is 858 g/mol. The number of likely N-dealkylation sites (tertiary alicyclic amines) is 1. The maximum absolute atomic E-state index is 15.5. The van der Waals surface area contributed by atoms with Gasteiger partial charge in [0.1, 0.15) is 23.3 Å². The van der Waals surface area contributed by atoms with Crippen LogP contribution in [0.3, 0.4) is 0 Å². The fourth-order valence-corrected chi connectivity index (χ4v) is 8.13. The third-order valence-corrected chi connectivity index (χ3v) is 11.7. The number of nitrogens with zero attached hydrogens (tertiary/aromatic N) is 6. The second-order valence-corrected chi connectivity index (χ2v) is 16.3. The van der Waals surface area contributed by atoms with Gasteiger partial charge in [-0.05, 0) is 51.3 Å². The molecule has 1 unspecified atom stereocenters. The first-order valence-electron chi connectivity index (χ1n) is 21.3. The van der Waals surface area contributed by atoms with Crippen molar-refractivity contribution in [3.8, 4) is 5.75 Å². The third-order valence-electron chi connectivity index (χ3n) is 11.7. The highest BCUT2D eigenvalue weighted by atomic mass is 19.3. The lowest BCUT2D eigenvalue weighted by Crippen LogP contribution is -2.54. The molecule has 65 heavy (non-hydrogen) atoms. The number of methoxy groups -OCH3 is 1. The number of aromatic nitrogens is 2. The zero-order chi connectivity index (χ0) is 46.6. The highest BCUT2D eigenvalue weighted by molar-refractivity contribution is 6.25. The van der Waals surface area contributed by atoms with E-state index in [9.17, 15) is 37.5 Å². The number of alkyl halides is 2. The number of nitrogens with one attached hydrogen (secondary N) is 4. The Balaban J connectivity index is 0.810. The average molecular weight is 909 g/mol. The largest absolute Gasteiger partial charge is 0.495 e. The number of rotatable bonds is 17. The Labute approximate surface area is 372 Å². The zero-order valence-electron chi connectivity index (χ0n) is 36.4. The summed E-state index contributed by atoms with van der Waals surface area (Å²) in [4.78, 5) is 89.8. The summed E-state index contributed by atoms with van der Waals surface area (Å²) in [6, 6.07) is 5.49. The van der Waals surface area contributed by atoms with Gasteiger partial charge < -0.3 is 44.9 Å². The predicted molar refractivity (Wildman–Crippen MR) is 229 cm³/mol. The van der Waals surface area contributed by atoms with E-state index >= 15 is 4.39 Å². The van der Waals surface area contributed by atoms with E-state index < -0.39 is 65.8 Å². The van der Waals surface area contributed by atoms with Gasteiger partial charge >= 0.3 is 5.92 Å². The Kier molecular flexibility index (Phi) is 14.2. The molecule has 4 aliphatic rings. The summed E-state index contributed by atoms with van der Waals surface area (Å²) < 4.78 is 61.9. The smallest absolute Gasteiger partial charge is 0.342 e. The molecule has 348 valence electrons. The molecule has 22 heteroatoms. The second-order valence-electron chi connectivity index (χ2n) is 16.3. The lowest BCUT2D eigenvalue weighted by molar-refractivity contribution is -0.140. The van der Waals surface area contributed by atoms with Crippen LogP contribution < -0.4 is 35.8 Å². The van der Waals surface area contributed by atoms with E-state index in [1.54, 1.807) is 26.0 Å². The van der Waals surface area contributed by atoms with E-state index in [4.69, 9.17) is 14.2 Å². The van der Waals surface area contributed by atoms with Gasteiger partial charge in [-0.1, -0.05) is 6.07 Å². The standard InChI is InChI=1S/C43H51F3N10O9/c1-24(2)55-23-43(45,46)41(62)53(3)32-22-48-42(52-36(32)55)50-30-21-28(44)27(20-33(30)63-4)37(58)49-25-10-13-54(14-11-25)15-17-65-19-18-64-16-12-47-29-7-5-6-26-35(29)40(61)56(39(26)60)31-8-9-34(57)51-38(31)59/h5-7,20-22,24-25,31,47H,8-19,23H2,1-4H3,(H,49,58)(H,48,50,52)(H,51,57,59). The van der Waals surface area contributed by atoms with Gasteiger partial charge in [0.05, 0.1) is 68.7 Å². The van der Waals surface area contributed by atoms with Crippen LogP contribution in [0.25, 0.3) is 0 Å². The molecule has 0 bridgehead atoms. The predicted octanol–water partition coefficient (Wildman–Crippen LogP) is 2.94. The summed E-state index contributed by atoms with van der Waals surface area (Å²) in [5.74, 6) is -8.64. The zero-order valence-corrected chi connectivity index (χ0v) is 36.4. The van der Waals surface area contributed by atoms with Gasteiger partial charge in [0.25, 0.3) is 23.6 Å². The molecule has 5 heterocycles. The molecule has 19 nitrogen and oxygen atoms in total. The Morgan fingerprint density at radius 2 is 1.72 bits per heavy atom. The van der Waals surface area contributed by atoms with Crippen molar-refractivity contribution in [3.63, 3.8) is 0 Å². The number of fused-ring (bicyclic) bond motifs is 2. The fourth-order valence-electron chi connectivity index (χ4n) is 8.13. The highest BCUT2D eigenvalue weighted by Gasteiger charge is 2.48. The summed E-state index contributed by atoms with van der Waals surface area (Å²) in [7, 11) is 2.57. The molecule has 0 radical (unpaired) electrons. The average Bonchev–Trinajstić information content (AvgIpc) is 3.49. The number of halogens is 3. The molecular formula is C43H51F3N10O9. The molecule has 3 aromatic rings. The number of anilines is 5. The van der Waals surface area contributed by atoms with Crippen molar-refractivity contribution in [3.05, 3.63) is 59.0 Å². The van der Waals surface area contributed by atoms with Crippen molar-refractivity contribution in [2.45, 2.75) is 63.6 Å². The van der Waals surface area contributed by atoms with Crippen LogP contribution in [0, 0.1) is 5.82 Å². The van der Waals surface area contributed by atoms with Crippen molar-refractivity contribution < 1.29 is 56.1 Å². The van der Waals surface area contributed by atoms with Gasteiger partial charge in [0.15, 0.2) is 5.82 Å². The van der Waals surface area contributed by atoms with Crippen molar-refractivity contribution in [1.82, 2.24) is 30.4 Å². The number of piperidine rings is 2. The van der Waals surface area contributed by atoms with Crippen LogP contribution in [0.15, 0.2) is 36.5 Å².